The SMILES string of the molecule is C=C(C)C(=O)OCCCc1cc(-c2ccc(-c3ccc(C4CCC(CCCCC)CC4)cc3)cc2CC)cc(CCCOC(=O)C(=C)C)c1OCCC(CO)(CO)CO.C=C(C)C(=O)OCCCc1cc(C2CCC(C3CCC(C4CCC(CCCCC)CC4)CC3)CC2)cc(CCCOC(=O)C(=C)C)c1OCCC(CO)(CO)CCCC. The Hall–Kier alpha value is -6.88. The summed E-state index contributed by atoms with van der Waals surface area (Å²) >= 11 is 0. The second kappa shape index (κ2) is 52.4. The zero-order chi connectivity index (χ0) is 85.4. The van der Waals surface area contributed by atoms with E-state index in [2.05, 4.69) is 121 Å². The molecule has 15 nitrogen and oxygen atoms in total. The molecular formula is C103H154O15. The van der Waals surface area contributed by atoms with Crippen LogP contribution in [0.1, 0.15) is 318 Å². The molecule has 656 valence electrons. The minimum absolute atomic E-state index is 0.0854. The number of aryl methyl sites for hydroxylation is 5. The van der Waals surface area contributed by atoms with Crippen molar-refractivity contribution in [1.82, 2.24) is 0 Å². The Morgan fingerprint density at radius 2 is 0.678 bits per heavy atom. The maximum absolute atomic E-state index is 12.2. The van der Waals surface area contributed by atoms with Crippen LogP contribution in [0.3, 0.4) is 0 Å². The van der Waals surface area contributed by atoms with Crippen LogP contribution in [0.25, 0.3) is 22.3 Å². The van der Waals surface area contributed by atoms with Crippen molar-refractivity contribution in [1.29, 1.82) is 0 Å². The van der Waals surface area contributed by atoms with Gasteiger partial charge in [0.15, 0.2) is 0 Å². The van der Waals surface area contributed by atoms with E-state index in [1.807, 2.05) is 0 Å². The molecular weight excluding hydrogens is 1480 g/mol. The van der Waals surface area contributed by atoms with Crippen LogP contribution < -0.4 is 9.47 Å². The lowest BCUT2D eigenvalue weighted by Crippen LogP contribution is -2.35. The topological polar surface area (TPSA) is 225 Å². The summed E-state index contributed by atoms with van der Waals surface area (Å²) in [5.41, 5.74) is 12.4. The van der Waals surface area contributed by atoms with Crippen LogP contribution in [0.4, 0.5) is 0 Å². The molecule has 0 aliphatic heterocycles. The average Bonchev–Trinajstić information content (AvgIpc) is 0.793. The van der Waals surface area contributed by atoms with Crippen LogP contribution in [-0.4, -0.2) is 122 Å². The van der Waals surface area contributed by atoms with Crippen molar-refractivity contribution in [3.8, 4) is 33.8 Å². The monoisotopic (exact) mass is 1630 g/mol. The summed E-state index contributed by atoms with van der Waals surface area (Å²) in [5.74, 6) is 6.56. The van der Waals surface area contributed by atoms with Gasteiger partial charge in [0.1, 0.15) is 11.5 Å². The van der Waals surface area contributed by atoms with Crippen LogP contribution in [0, 0.1) is 46.3 Å². The van der Waals surface area contributed by atoms with E-state index in [1.165, 1.54) is 182 Å². The van der Waals surface area contributed by atoms with Gasteiger partial charge >= 0.3 is 23.9 Å². The number of unbranched alkanes of at least 4 members (excludes halogenated alkanes) is 5. The molecule has 0 aromatic heterocycles. The van der Waals surface area contributed by atoms with E-state index in [0.29, 0.717) is 117 Å². The first kappa shape index (κ1) is 98.2. The molecule has 4 aliphatic carbocycles. The molecule has 0 heterocycles. The second-order valence-electron chi connectivity index (χ2n) is 36.1. The lowest BCUT2D eigenvalue weighted by molar-refractivity contribution is -0.139. The first-order chi connectivity index (χ1) is 57.0. The van der Waals surface area contributed by atoms with Crippen LogP contribution in [0.5, 0.6) is 11.5 Å². The van der Waals surface area contributed by atoms with Gasteiger partial charge in [0.25, 0.3) is 0 Å². The van der Waals surface area contributed by atoms with Crippen molar-refractivity contribution in [3.05, 3.63) is 154 Å². The van der Waals surface area contributed by atoms with Crippen LogP contribution in [0.15, 0.2) is 115 Å². The van der Waals surface area contributed by atoms with Gasteiger partial charge in [-0.3, -0.25) is 0 Å². The van der Waals surface area contributed by atoms with E-state index in [1.54, 1.807) is 27.7 Å². The molecule has 0 bridgehead atoms. The van der Waals surface area contributed by atoms with E-state index in [4.69, 9.17) is 28.4 Å². The minimum atomic E-state index is -1.08. The molecule has 0 saturated heterocycles. The summed E-state index contributed by atoms with van der Waals surface area (Å²) in [4.78, 5) is 48.7. The van der Waals surface area contributed by atoms with Crippen LogP contribution in [0.2, 0.25) is 0 Å². The number of hydrogen-bond donors (Lipinski definition) is 5. The van der Waals surface area contributed by atoms with E-state index in [0.717, 1.165) is 100 Å². The maximum atomic E-state index is 12.2. The number of esters is 4. The van der Waals surface area contributed by atoms with Crippen LogP contribution in [-0.2, 0) is 70.2 Å². The zero-order valence-corrected chi connectivity index (χ0v) is 74.3. The summed E-state index contributed by atoms with van der Waals surface area (Å²) in [7, 11) is 0. The van der Waals surface area contributed by atoms with Gasteiger partial charge < -0.3 is 54.0 Å². The molecule has 0 spiro atoms. The number of carbonyl (C=O) groups is 4. The highest BCUT2D eigenvalue weighted by molar-refractivity contribution is 5.88. The molecule has 4 aliphatic rings. The van der Waals surface area contributed by atoms with Gasteiger partial charge in [0.05, 0.1) is 72.7 Å². The Labute approximate surface area is 711 Å². The van der Waals surface area contributed by atoms with Gasteiger partial charge in [-0.05, 0) is 315 Å². The molecule has 0 amide bonds. The fourth-order valence-electron chi connectivity index (χ4n) is 18.8. The molecule has 4 saturated carbocycles. The lowest BCUT2D eigenvalue weighted by atomic mass is 9.64. The average molecular weight is 1630 g/mol. The summed E-state index contributed by atoms with van der Waals surface area (Å²) in [6.07, 6.45) is 42.0. The van der Waals surface area contributed by atoms with Gasteiger partial charge in [-0.1, -0.05) is 186 Å². The third-order valence-corrected chi connectivity index (χ3v) is 26.8. The highest BCUT2D eigenvalue weighted by Crippen LogP contribution is 2.49. The smallest absolute Gasteiger partial charge is 0.333 e. The number of ether oxygens (including phenoxy) is 6. The Morgan fingerprint density at radius 3 is 1.05 bits per heavy atom. The third kappa shape index (κ3) is 31.2. The summed E-state index contributed by atoms with van der Waals surface area (Å²) in [6, 6.07) is 24.9. The fraction of sp³-hybridized carbons (Fsp3) is 0.650. The number of aliphatic hydroxyl groups is 5. The lowest BCUT2D eigenvalue weighted by Gasteiger charge is -2.41. The maximum Gasteiger partial charge on any atom is 0.333 e. The quantitative estimate of drug-likeness (QED) is 0.0120. The Balaban J connectivity index is 0.000000326. The number of rotatable bonds is 51. The van der Waals surface area contributed by atoms with Crippen molar-refractivity contribution in [3.63, 3.8) is 0 Å². The van der Waals surface area contributed by atoms with E-state index in [-0.39, 0.29) is 71.2 Å². The summed E-state index contributed by atoms with van der Waals surface area (Å²) in [5, 5.41) is 50.6. The molecule has 0 unspecified atom stereocenters. The Kier molecular flexibility index (Phi) is 43.7. The first-order valence-electron chi connectivity index (χ1n) is 46.2. The van der Waals surface area contributed by atoms with Gasteiger partial charge in [-0.2, -0.15) is 0 Å². The fourth-order valence-corrected chi connectivity index (χ4v) is 18.8. The van der Waals surface area contributed by atoms with E-state index >= 15 is 0 Å². The zero-order valence-electron chi connectivity index (χ0n) is 74.3. The minimum Gasteiger partial charge on any atom is -0.493 e. The first-order valence-corrected chi connectivity index (χ1v) is 46.2. The van der Waals surface area contributed by atoms with Crippen molar-refractivity contribution >= 4 is 23.9 Å². The number of benzene rings is 4. The molecule has 4 aromatic carbocycles. The van der Waals surface area contributed by atoms with Crippen LogP contribution >= 0.6 is 0 Å². The van der Waals surface area contributed by atoms with Gasteiger partial charge in [-0.25, -0.2) is 19.2 Å². The normalized spacial score (nSPS) is 19.6. The Bertz CT molecular complexity index is 3590. The molecule has 15 heteroatoms. The highest BCUT2D eigenvalue weighted by Gasteiger charge is 2.37. The van der Waals surface area contributed by atoms with Gasteiger partial charge in [-0.15, -0.1) is 0 Å². The van der Waals surface area contributed by atoms with Crippen molar-refractivity contribution in [2.24, 2.45) is 46.3 Å². The molecule has 8 rings (SSSR count). The van der Waals surface area contributed by atoms with Crippen molar-refractivity contribution < 1.29 is 73.1 Å². The molecule has 5 N–H and O–H groups in total. The summed E-state index contributed by atoms with van der Waals surface area (Å²) in [6.45, 7) is 30.5. The number of aliphatic hydroxyl groups excluding tert-OH is 5. The largest absolute Gasteiger partial charge is 0.493 e. The molecule has 4 aromatic rings. The van der Waals surface area contributed by atoms with Gasteiger partial charge in [0.2, 0.25) is 0 Å². The third-order valence-electron chi connectivity index (χ3n) is 26.8. The molecule has 0 radical (unpaired) electrons. The predicted octanol–water partition coefficient (Wildman–Crippen LogP) is 22.5. The predicted molar refractivity (Wildman–Crippen MR) is 478 cm³/mol. The Morgan fingerprint density at radius 1 is 0.347 bits per heavy atom. The number of carbonyl (C=O) groups excluding carboxylic acids is 4. The van der Waals surface area contributed by atoms with Gasteiger partial charge in [0, 0.05) is 33.1 Å². The van der Waals surface area contributed by atoms with E-state index < -0.39 is 22.8 Å². The highest BCUT2D eigenvalue weighted by atomic mass is 16.5. The van der Waals surface area contributed by atoms with Crippen molar-refractivity contribution in [2.75, 3.05) is 72.7 Å². The van der Waals surface area contributed by atoms with Crippen molar-refractivity contribution in [2.45, 2.75) is 311 Å². The van der Waals surface area contributed by atoms with E-state index in [9.17, 15) is 44.7 Å². The molecule has 4 fully saturated rings. The summed E-state index contributed by atoms with van der Waals surface area (Å²) < 4.78 is 35.0. The standard InChI is InChI=1S/C52H84O7.C51H70O8/c1-7-9-11-14-40-17-19-41(20-18-40)42-21-23-43(24-22-42)44-25-27-45(28-26-44)48-34-46(15-12-31-58-50(55)38(3)4)49(47(35-48)16-13-32-59-51(56)39(5)6)57-33-30-52(36-53,37-54)29-10-8-2;1-7-9-10-13-38-16-18-40(19-17-38)41-20-22-42(23-21-41)43-24-25-47(39(8-2)30-43)46-31-44(14-11-27-58-49(55)36(3)4)48(57-29-26-51(33-52,34-53)35-54)45(32-46)15-12-28-59-50(56)37(5)6/h34-35,40-45,53-54H,3,5,7-33,36-37H2,1-2,4,6H3;20-25,30-32,38,40,52-54H,3,5,7-19,26-29,33-35H2,1-2,4,6H3. The molecule has 0 atom stereocenters. The second-order valence-corrected chi connectivity index (χ2v) is 36.1. The molecule has 118 heavy (non-hydrogen) atoms. The number of hydrogen-bond acceptors (Lipinski definition) is 15.